The molecule has 44 heavy (non-hydrogen) atoms. The van der Waals surface area contributed by atoms with Gasteiger partial charge in [-0.3, -0.25) is 0 Å². The lowest BCUT2D eigenvalue weighted by atomic mass is 9.69. The second kappa shape index (κ2) is 11.7. The van der Waals surface area contributed by atoms with E-state index in [9.17, 15) is 0 Å². The summed E-state index contributed by atoms with van der Waals surface area (Å²) in [6.45, 7) is 7.34. The predicted molar refractivity (Wildman–Crippen MR) is 189 cm³/mol. The number of benzene rings is 3. The molecule has 0 N–H and O–H groups in total. The molecule has 3 aromatic rings. The Hall–Kier alpha value is -3.13. The first-order chi connectivity index (χ1) is 21.3. The summed E-state index contributed by atoms with van der Waals surface area (Å²) in [5.74, 6) is 1.62. The molecule has 0 spiro atoms. The van der Waals surface area contributed by atoms with Crippen LogP contribution in [0.5, 0.6) is 0 Å². The van der Waals surface area contributed by atoms with Crippen molar-refractivity contribution in [2.24, 2.45) is 11.8 Å². The van der Waals surface area contributed by atoms with Gasteiger partial charge in [0.1, 0.15) is 7.05 Å². The summed E-state index contributed by atoms with van der Waals surface area (Å²) < 4.78 is 2.51. The topological polar surface area (TPSA) is 6.25 Å². The largest absolute Gasteiger partial charge is 0.347 e. The minimum Gasteiger partial charge on any atom is -0.347 e. The third kappa shape index (κ3) is 4.97. The molecule has 2 unspecified atom stereocenters. The van der Waals surface area contributed by atoms with E-state index in [1.54, 1.807) is 5.56 Å². The SMILES string of the molecule is Cc1ccc2c(c1)C(C)(CC1CCCCC1)C(=CC=CC1=[N+](C)c3ccc4ccccc4c3C1(C)CC1CCCCC1)N2C. The van der Waals surface area contributed by atoms with Crippen LogP contribution in [0.3, 0.4) is 0 Å². The molecule has 2 nitrogen and oxygen atoms in total. The molecule has 2 aliphatic heterocycles. The van der Waals surface area contributed by atoms with E-state index in [2.05, 4.69) is 117 Å². The first-order valence-electron chi connectivity index (χ1n) is 17.7. The van der Waals surface area contributed by atoms with Gasteiger partial charge in [-0.1, -0.05) is 112 Å². The molecule has 2 fully saturated rings. The highest BCUT2D eigenvalue weighted by atomic mass is 15.2. The summed E-state index contributed by atoms with van der Waals surface area (Å²) >= 11 is 0. The Morgan fingerprint density at radius 3 is 2.18 bits per heavy atom. The van der Waals surface area contributed by atoms with E-state index in [0.29, 0.717) is 0 Å². The quantitative estimate of drug-likeness (QED) is 0.261. The zero-order valence-electron chi connectivity index (χ0n) is 28.0. The summed E-state index contributed by atoms with van der Waals surface area (Å²) in [6.07, 6.45) is 23.8. The third-order valence-electron chi connectivity index (χ3n) is 12.1. The van der Waals surface area contributed by atoms with Crippen molar-refractivity contribution in [1.82, 2.24) is 0 Å². The molecule has 230 valence electrons. The molecule has 0 radical (unpaired) electrons. The van der Waals surface area contributed by atoms with Crippen LogP contribution in [-0.2, 0) is 10.8 Å². The van der Waals surface area contributed by atoms with Crippen LogP contribution in [0.4, 0.5) is 11.4 Å². The molecule has 7 rings (SSSR count). The molecule has 2 aliphatic carbocycles. The average molecular weight is 586 g/mol. The van der Waals surface area contributed by atoms with Crippen LogP contribution in [0.2, 0.25) is 0 Å². The number of nitrogens with zero attached hydrogens (tertiary/aromatic N) is 2. The van der Waals surface area contributed by atoms with Crippen molar-refractivity contribution in [3.8, 4) is 0 Å². The number of aryl methyl sites for hydroxylation is 1. The fraction of sp³-hybridized carbons (Fsp3) is 0.500. The highest BCUT2D eigenvalue weighted by Crippen LogP contribution is 2.53. The predicted octanol–water partition coefficient (Wildman–Crippen LogP) is 10.9. The minimum atomic E-state index is -0.00495. The standard InChI is InChI=1S/C42H53N2/c1-30-23-25-36-35(27-30)41(2,28-31-15-8-6-9-16-31)38(43(36)4)21-14-22-39-42(3,29-32-17-10-7-11-18-32)40-34-20-13-12-19-33(34)24-26-37(40)44(39)5/h12-14,19-27,31-32H,6-11,15-18,28-29H2,1-5H3/q+1. The smallest absolute Gasteiger partial charge is 0.210 e. The number of hydrogen-bond donors (Lipinski definition) is 0. The van der Waals surface area contributed by atoms with Crippen molar-refractivity contribution in [1.29, 1.82) is 0 Å². The van der Waals surface area contributed by atoms with E-state index in [4.69, 9.17) is 0 Å². The Kier molecular flexibility index (Phi) is 7.84. The van der Waals surface area contributed by atoms with Gasteiger partial charge in [0.2, 0.25) is 5.69 Å². The van der Waals surface area contributed by atoms with E-state index in [1.165, 1.54) is 122 Å². The Bertz CT molecular complexity index is 1640. The number of likely N-dealkylation sites (N-methyl/N-ethyl adjacent to an activating group) is 1. The molecule has 0 saturated heterocycles. The van der Waals surface area contributed by atoms with Crippen LogP contribution in [0.1, 0.15) is 108 Å². The maximum absolute atomic E-state index is 2.55. The fourth-order valence-electron chi connectivity index (χ4n) is 9.95. The van der Waals surface area contributed by atoms with Gasteiger partial charge in [-0.25, -0.2) is 0 Å². The summed E-state index contributed by atoms with van der Waals surface area (Å²) in [6, 6.07) is 20.9. The van der Waals surface area contributed by atoms with Crippen molar-refractivity contribution < 1.29 is 4.58 Å². The Morgan fingerprint density at radius 1 is 0.818 bits per heavy atom. The highest BCUT2D eigenvalue weighted by molar-refractivity contribution is 6.08. The van der Waals surface area contributed by atoms with Crippen LogP contribution in [0, 0.1) is 18.8 Å². The second-order valence-electron chi connectivity index (χ2n) is 15.2. The zero-order valence-corrected chi connectivity index (χ0v) is 28.0. The van der Waals surface area contributed by atoms with Crippen molar-refractivity contribution in [2.45, 2.75) is 109 Å². The van der Waals surface area contributed by atoms with Gasteiger partial charge in [0.25, 0.3) is 0 Å². The lowest BCUT2D eigenvalue weighted by molar-refractivity contribution is -0.401. The van der Waals surface area contributed by atoms with Gasteiger partial charge >= 0.3 is 0 Å². The molecule has 0 aromatic heterocycles. The summed E-state index contributed by atoms with van der Waals surface area (Å²) in [7, 11) is 4.60. The van der Waals surface area contributed by atoms with Crippen LogP contribution in [0.15, 0.2) is 78.5 Å². The highest BCUT2D eigenvalue weighted by Gasteiger charge is 2.49. The van der Waals surface area contributed by atoms with Crippen molar-refractivity contribution in [3.05, 3.63) is 95.2 Å². The fourth-order valence-corrected chi connectivity index (χ4v) is 9.95. The minimum absolute atomic E-state index is 0.00495. The maximum atomic E-state index is 2.55. The Morgan fingerprint density at radius 2 is 1.48 bits per heavy atom. The molecule has 3 aromatic carbocycles. The summed E-state index contributed by atoms with van der Waals surface area (Å²) in [5.41, 5.74) is 10.2. The van der Waals surface area contributed by atoms with Crippen molar-refractivity contribution in [3.63, 3.8) is 0 Å². The van der Waals surface area contributed by atoms with Gasteiger partial charge in [-0.15, -0.1) is 0 Å². The summed E-state index contributed by atoms with van der Waals surface area (Å²) in [4.78, 5) is 2.49. The Labute approximate surface area is 266 Å². The molecule has 0 amide bonds. The first kappa shape index (κ1) is 29.6. The molecule has 2 atom stereocenters. The van der Waals surface area contributed by atoms with E-state index in [-0.39, 0.29) is 10.8 Å². The lowest BCUT2D eigenvalue weighted by Crippen LogP contribution is -2.34. The summed E-state index contributed by atoms with van der Waals surface area (Å²) in [5, 5.41) is 2.79. The van der Waals surface area contributed by atoms with Gasteiger partial charge in [-0.05, 0) is 80.0 Å². The normalized spacial score (nSPS) is 27.2. The second-order valence-corrected chi connectivity index (χ2v) is 15.2. The van der Waals surface area contributed by atoms with Gasteiger partial charge in [0, 0.05) is 41.6 Å². The lowest BCUT2D eigenvalue weighted by Gasteiger charge is -2.34. The first-order valence-corrected chi connectivity index (χ1v) is 17.7. The number of fused-ring (bicyclic) bond motifs is 4. The molecule has 0 bridgehead atoms. The van der Waals surface area contributed by atoms with E-state index in [1.807, 2.05) is 0 Å². The van der Waals surface area contributed by atoms with Gasteiger partial charge in [-0.2, -0.15) is 4.58 Å². The van der Waals surface area contributed by atoms with E-state index >= 15 is 0 Å². The van der Waals surface area contributed by atoms with E-state index < -0.39 is 0 Å². The van der Waals surface area contributed by atoms with Gasteiger partial charge in [0.15, 0.2) is 5.71 Å². The monoisotopic (exact) mass is 585 g/mol. The molecular weight excluding hydrogens is 532 g/mol. The van der Waals surface area contributed by atoms with Gasteiger partial charge in [0.05, 0.1) is 5.41 Å². The van der Waals surface area contributed by atoms with Crippen molar-refractivity contribution in [2.75, 3.05) is 19.0 Å². The Balaban J connectivity index is 1.29. The van der Waals surface area contributed by atoms with Crippen molar-refractivity contribution >= 4 is 27.9 Å². The van der Waals surface area contributed by atoms with Gasteiger partial charge < -0.3 is 4.90 Å². The molecule has 2 heterocycles. The number of hydrogen-bond acceptors (Lipinski definition) is 1. The van der Waals surface area contributed by atoms with Crippen LogP contribution < -0.4 is 4.90 Å². The molecule has 4 aliphatic rings. The molecule has 2 saturated carbocycles. The van der Waals surface area contributed by atoms with Crippen LogP contribution >= 0.6 is 0 Å². The molecular formula is C42H53N2+. The van der Waals surface area contributed by atoms with Crippen LogP contribution in [-0.4, -0.2) is 24.4 Å². The number of rotatable bonds is 6. The number of anilines is 1. The maximum Gasteiger partial charge on any atom is 0.210 e. The van der Waals surface area contributed by atoms with Crippen LogP contribution in [0.25, 0.3) is 10.8 Å². The number of allylic oxidation sites excluding steroid dienone is 4. The molecule has 2 heteroatoms. The zero-order chi connectivity index (χ0) is 30.5. The third-order valence-corrected chi connectivity index (χ3v) is 12.1. The average Bonchev–Trinajstić information content (AvgIpc) is 3.37. The van der Waals surface area contributed by atoms with E-state index in [0.717, 1.165) is 11.8 Å².